The highest BCUT2D eigenvalue weighted by Gasteiger charge is 2.47. The van der Waals surface area contributed by atoms with Crippen molar-refractivity contribution >= 4 is 5.91 Å². The number of amides is 1. The minimum absolute atomic E-state index is 0.0878. The minimum atomic E-state index is -0.476. The molecule has 0 N–H and O–H groups in total. The number of carbonyl (C=O) groups is 1. The molecule has 0 aromatic heterocycles. The molecule has 2 aliphatic rings. The average Bonchev–Trinajstić information content (AvgIpc) is 2.75. The first-order valence-electron chi connectivity index (χ1n) is 10.8. The van der Waals surface area contributed by atoms with Crippen LogP contribution in [0.4, 0.5) is 4.39 Å². The van der Waals surface area contributed by atoms with E-state index < -0.39 is 5.60 Å². The number of nitrogens with zero attached hydrogens (tertiary/aromatic N) is 1. The van der Waals surface area contributed by atoms with E-state index in [4.69, 9.17) is 9.47 Å². The Balaban J connectivity index is 1.47. The van der Waals surface area contributed by atoms with Crippen molar-refractivity contribution in [2.45, 2.75) is 38.4 Å². The Bertz CT molecular complexity index is 854. The van der Waals surface area contributed by atoms with E-state index in [0.29, 0.717) is 38.6 Å². The summed E-state index contributed by atoms with van der Waals surface area (Å²) in [6.07, 6.45) is 1.14. The smallest absolute Gasteiger partial charge is 0.227 e. The van der Waals surface area contributed by atoms with Crippen LogP contribution in [0.5, 0.6) is 0 Å². The van der Waals surface area contributed by atoms with Crippen LogP contribution in [0.1, 0.15) is 37.5 Å². The second-order valence-electron chi connectivity index (χ2n) is 8.90. The molecular weight excluding hydrogens is 381 g/mol. The number of morpholine rings is 1. The summed E-state index contributed by atoms with van der Waals surface area (Å²) in [6.45, 7) is 6.50. The van der Waals surface area contributed by atoms with Gasteiger partial charge in [0.1, 0.15) is 11.4 Å². The van der Waals surface area contributed by atoms with Gasteiger partial charge in [-0.15, -0.1) is 0 Å². The lowest BCUT2D eigenvalue weighted by atomic mass is 9.75. The van der Waals surface area contributed by atoms with Gasteiger partial charge in [0.25, 0.3) is 0 Å². The summed E-state index contributed by atoms with van der Waals surface area (Å²) in [6, 6.07) is 16.4. The second-order valence-corrected chi connectivity index (χ2v) is 8.90. The zero-order chi connectivity index (χ0) is 21.1. The van der Waals surface area contributed by atoms with Crippen molar-refractivity contribution in [2.75, 3.05) is 26.3 Å². The molecule has 2 aromatic carbocycles. The largest absolute Gasteiger partial charge is 0.370 e. The summed E-state index contributed by atoms with van der Waals surface area (Å²) >= 11 is 0. The van der Waals surface area contributed by atoms with Crippen molar-refractivity contribution in [3.05, 3.63) is 71.5 Å². The number of hydrogen-bond donors (Lipinski definition) is 0. The molecule has 2 aliphatic heterocycles. The van der Waals surface area contributed by atoms with Crippen molar-refractivity contribution in [1.29, 1.82) is 0 Å². The van der Waals surface area contributed by atoms with E-state index in [2.05, 4.69) is 13.8 Å². The highest BCUT2D eigenvalue weighted by atomic mass is 19.1. The molecule has 2 saturated heterocycles. The SMILES string of the molecule is CC(C)[C@@H]1C[C@@]2(CO[C@H]1c1ccc(F)cc1)CN(C(=O)Cc1ccccc1)CCO2. The molecule has 5 heteroatoms. The Labute approximate surface area is 178 Å². The predicted molar refractivity (Wildman–Crippen MR) is 113 cm³/mol. The average molecular weight is 412 g/mol. The van der Waals surface area contributed by atoms with Crippen molar-refractivity contribution < 1.29 is 18.7 Å². The number of rotatable bonds is 4. The summed E-state index contributed by atoms with van der Waals surface area (Å²) in [7, 11) is 0. The van der Waals surface area contributed by atoms with E-state index in [1.807, 2.05) is 47.4 Å². The van der Waals surface area contributed by atoms with Crippen LogP contribution in [0.2, 0.25) is 0 Å². The van der Waals surface area contributed by atoms with Gasteiger partial charge in [0.2, 0.25) is 5.91 Å². The zero-order valence-corrected chi connectivity index (χ0v) is 17.7. The number of carbonyl (C=O) groups excluding carboxylic acids is 1. The summed E-state index contributed by atoms with van der Waals surface area (Å²) in [5.41, 5.74) is 1.55. The molecule has 0 bridgehead atoms. The number of benzene rings is 2. The first-order valence-corrected chi connectivity index (χ1v) is 10.8. The van der Waals surface area contributed by atoms with E-state index in [-0.39, 0.29) is 23.7 Å². The van der Waals surface area contributed by atoms with Crippen LogP contribution in [-0.4, -0.2) is 42.7 Å². The molecule has 1 spiro atoms. The number of ether oxygens (including phenoxy) is 2. The summed E-state index contributed by atoms with van der Waals surface area (Å²) in [4.78, 5) is 14.8. The van der Waals surface area contributed by atoms with E-state index in [1.165, 1.54) is 12.1 Å². The molecule has 2 aromatic rings. The Hall–Kier alpha value is -2.24. The fourth-order valence-corrected chi connectivity index (χ4v) is 4.69. The van der Waals surface area contributed by atoms with Crippen molar-refractivity contribution in [3.8, 4) is 0 Å². The van der Waals surface area contributed by atoms with E-state index in [1.54, 1.807) is 0 Å². The summed E-state index contributed by atoms with van der Waals surface area (Å²) < 4.78 is 25.9. The fourth-order valence-electron chi connectivity index (χ4n) is 4.69. The first kappa shape index (κ1) is 21.0. The predicted octanol–water partition coefficient (Wildman–Crippen LogP) is 4.40. The van der Waals surface area contributed by atoms with Gasteiger partial charge in [0, 0.05) is 6.54 Å². The lowest BCUT2D eigenvalue weighted by Gasteiger charge is -2.50. The molecule has 4 nitrogen and oxygen atoms in total. The van der Waals surface area contributed by atoms with Gasteiger partial charge in [-0.25, -0.2) is 4.39 Å². The van der Waals surface area contributed by atoms with Crippen LogP contribution >= 0.6 is 0 Å². The summed E-state index contributed by atoms with van der Waals surface area (Å²) in [5, 5.41) is 0. The van der Waals surface area contributed by atoms with Gasteiger partial charge in [-0.2, -0.15) is 0 Å². The fraction of sp³-hybridized carbons (Fsp3) is 0.480. The standard InChI is InChI=1S/C25H30FNO3/c1-18(2)22-15-25(17-29-24(22)20-8-10-21(26)11-9-20)16-27(12-13-30-25)23(28)14-19-6-4-3-5-7-19/h3-11,18,22,24H,12-17H2,1-2H3/t22-,24-,25-/m0/s1. The molecule has 2 fully saturated rings. The van der Waals surface area contributed by atoms with E-state index >= 15 is 0 Å². The Kier molecular flexibility index (Phi) is 6.21. The third kappa shape index (κ3) is 4.57. The molecule has 1 amide bonds. The van der Waals surface area contributed by atoms with Crippen molar-refractivity contribution in [1.82, 2.24) is 4.90 Å². The van der Waals surface area contributed by atoms with E-state index in [9.17, 15) is 9.18 Å². The highest BCUT2D eigenvalue weighted by Crippen LogP contribution is 2.44. The van der Waals surface area contributed by atoms with Crippen LogP contribution in [0, 0.1) is 17.7 Å². The first-order chi connectivity index (χ1) is 14.5. The maximum Gasteiger partial charge on any atom is 0.227 e. The van der Waals surface area contributed by atoms with Crippen LogP contribution < -0.4 is 0 Å². The maximum atomic E-state index is 13.4. The maximum absolute atomic E-state index is 13.4. The number of hydrogen-bond acceptors (Lipinski definition) is 3. The van der Waals surface area contributed by atoms with Gasteiger partial charge in [-0.1, -0.05) is 56.3 Å². The molecule has 0 radical (unpaired) electrons. The topological polar surface area (TPSA) is 38.8 Å². The zero-order valence-electron chi connectivity index (χ0n) is 17.7. The molecule has 0 aliphatic carbocycles. The molecule has 0 saturated carbocycles. The third-order valence-corrected chi connectivity index (χ3v) is 6.38. The Morgan fingerprint density at radius 2 is 1.90 bits per heavy atom. The van der Waals surface area contributed by atoms with Gasteiger partial charge in [0.05, 0.1) is 32.3 Å². The van der Waals surface area contributed by atoms with Crippen molar-refractivity contribution in [3.63, 3.8) is 0 Å². The molecule has 0 unspecified atom stereocenters. The molecule has 30 heavy (non-hydrogen) atoms. The lowest BCUT2D eigenvalue weighted by molar-refractivity contribution is -0.210. The molecular formula is C25H30FNO3. The van der Waals surface area contributed by atoms with Crippen LogP contribution in [-0.2, 0) is 20.7 Å². The monoisotopic (exact) mass is 411 g/mol. The van der Waals surface area contributed by atoms with Crippen LogP contribution in [0.25, 0.3) is 0 Å². The quantitative estimate of drug-likeness (QED) is 0.749. The van der Waals surface area contributed by atoms with Crippen LogP contribution in [0.15, 0.2) is 54.6 Å². The lowest BCUT2D eigenvalue weighted by Crippen LogP contribution is -2.59. The van der Waals surface area contributed by atoms with E-state index in [0.717, 1.165) is 17.5 Å². The van der Waals surface area contributed by atoms with Gasteiger partial charge in [-0.3, -0.25) is 4.79 Å². The number of halogens is 1. The Morgan fingerprint density at radius 1 is 1.17 bits per heavy atom. The minimum Gasteiger partial charge on any atom is -0.370 e. The van der Waals surface area contributed by atoms with Crippen molar-refractivity contribution in [2.24, 2.45) is 11.8 Å². The Morgan fingerprint density at radius 3 is 2.60 bits per heavy atom. The van der Waals surface area contributed by atoms with Gasteiger partial charge >= 0.3 is 0 Å². The molecule has 3 atom stereocenters. The van der Waals surface area contributed by atoms with Crippen LogP contribution in [0.3, 0.4) is 0 Å². The van der Waals surface area contributed by atoms with Gasteiger partial charge in [-0.05, 0) is 41.5 Å². The normalized spacial score (nSPS) is 26.9. The third-order valence-electron chi connectivity index (χ3n) is 6.38. The molecule has 4 rings (SSSR count). The molecule has 2 heterocycles. The highest BCUT2D eigenvalue weighted by molar-refractivity contribution is 5.79. The second kappa shape index (κ2) is 8.86. The van der Waals surface area contributed by atoms with Gasteiger partial charge in [0.15, 0.2) is 0 Å². The summed E-state index contributed by atoms with van der Waals surface area (Å²) in [5.74, 6) is 0.491. The van der Waals surface area contributed by atoms with Gasteiger partial charge < -0.3 is 14.4 Å². The molecule has 160 valence electrons.